The SMILES string of the molecule is CCCCOc1ccc2c(c1)CCN=C2/C=C/c1c(-c2cccc3ccccc23)ccc2ccccc12. The van der Waals surface area contributed by atoms with Crippen molar-refractivity contribution in [2.45, 2.75) is 26.2 Å². The zero-order valence-electron chi connectivity index (χ0n) is 21.3. The fourth-order valence-corrected chi connectivity index (χ4v) is 5.31. The Labute approximate surface area is 219 Å². The summed E-state index contributed by atoms with van der Waals surface area (Å²) in [4.78, 5) is 4.91. The quantitative estimate of drug-likeness (QED) is 0.213. The Morgan fingerprint density at radius 3 is 2.35 bits per heavy atom. The van der Waals surface area contributed by atoms with Gasteiger partial charge < -0.3 is 4.74 Å². The summed E-state index contributed by atoms with van der Waals surface area (Å²) in [6.07, 6.45) is 7.64. The summed E-state index contributed by atoms with van der Waals surface area (Å²) < 4.78 is 5.97. The lowest BCUT2D eigenvalue weighted by atomic mass is 9.90. The van der Waals surface area contributed by atoms with Crippen molar-refractivity contribution in [3.8, 4) is 16.9 Å². The molecule has 182 valence electrons. The first kappa shape index (κ1) is 23.2. The molecule has 0 aliphatic carbocycles. The van der Waals surface area contributed by atoms with Gasteiger partial charge in [-0.2, -0.15) is 0 Å². The van der Waals surface area contributed by atoms with Crippen LogP contribution in [0.2, 0.25) is 0 Å². The number of aliphatic imine (C=N–C) groups is 1. The van der Waals surface area contributed by atoms with E-state index in [0.29, 0.717) is 0 Å². The zero-order valence-corrected chi connectivity index (χ0v) is 21.3. The Morgan fingerprint density at radius 1 is 0.730 bits per heavy atom. The number of benzene rings is 5. The van der Waals surface area contributed by atoms with Gasteiger partial charge in [0.25, 0.3) is 0 Å². The number of allylic oxidation sites excluding steroid dienone is 1. The Balaban J connectivity index is 1.43. The standard InChI is InChI=1S/C35H31NO/c1-2-3-23-37-28-16-18-31-27(24-28)21-22-36-35(31)20-19-33-30-13-7-5-10-26(30)15-17-34(33)32-14-8-11-25-9-4-6-12-29(25)32/h4-20,24H,2-3,21-23H2,1H3/b20-19+. The number of fused-ring (bicyclic) bond motifs is 3. The van der Waals surface area contributed by atoms with Gasteiger partial charge in [-0.05, 0) is 80.9 Å². The lowest BCUT2D eigenvalue weighted by Crippen LogP contribution is -2.11. The predicted molar refractivity (Wildman–Crippen MR) is 158 cm³/mol. The normalized spacial score (nSPS) is 13.2. The van der Waals surface area contributed by atoms with Crippen LogP contribution < -0.4 is 4.74 Å². The molecular weight excluding hydrogens is 450 g/mol. The molecule has 5 aromatic carbocycles. The third kappa shape index (κ3) is 4.68. The van der Waals surface area contributed by atoms with Crippen LogP contribution >= 0.6 is 0 Å². The number of ether oxygens (including phenoxy) is 1. The smallest absolute Gasteiger partial charge is 0.119 e. The molecule has 1 aliphatic heterocycles. The van der Waals surface area contributed by atoms with Gasteiger partial charge in [0, 0.05) is 12.1 Å². The van der Waals surface area contributed by atoms with Gasteiger partial charge in [-0.15, -0.1) is 0 Å². The van der Waals surface area contributed by atoms with Crippen molar-refractivity contribution in [1.82, 2.24) is 0 Å². The molecule has 0 spiro atoms. The molecular formula is C35H31NO. The molecule has 2 nitrogen and oxygen atoms in total. The van der Waals surface area contributed by atoms with Crippen LogP contribution in [0.15, 0.2) is 108 Å². The van der Waals surface area contributed by atoms with Crippen molar-refractivity contribution >= 4 is 33.3 Å². The maximum Gasteiger partial charge on any atom is 0.119 e. The molecule has 0 amide bonds. The summed E-state index contributed by atoms with van der Waals surface area (Å²) in [5.74, 6) is 0.963. The molecule has 5 aromatic rings. The highest BCUT2D eigenvalue weighted by Crippen LogP contribution is 2.36. The molecule has 0 radical (unpaired) electrons. The zero-order chi connectivity index (χ0) is 25.0. The van der Waals surface area contributed by atoms with Crippen LogP contribution in [0.1, 0.15) is 36.5 Å². The number of hydrogen-bond acceptors (Lipinski definition) is 2. The minimum Gasteiger partial charge on any atom is -0.494 e. The Morgan fingerprint density at radius 2 is 1.49 bits per heavy atom. The Hall–Kier alpha value is -4.17. The monoisotopic (exact) mass is 481 g/mol. The van der Waals surface area contributed by atoms with Gasteiger partial charge in [0.2, 0.25) is 0 Å². The van der Waals surface area contributed by atoms with E-state index >= 15 is 0 Å². The van der Waals surface area contributed by atoms with Crippen molar-refractivity contribution in [2.24, 2.45) is 4.99 Å². The number of rotatable bonds is 7. The van der Waals surface area contributed by atoms with Crippen LogP contribution in [0.5, 0.6) is 5.75 Å². The van der Waals surface area contributed by atoms with E-state index in [1.165, 1.54) is 49.4 Å². The molecule has 2 heteroatoms. The molecule has 0 saturated heterocycles. The lowest BCUT2D eigenvalue weighted by Gasteiger charge is -2.17. The maximum absolute atomic E-state index is 5.97. The first-order valence-electron chi connectivity index (χ1n) is 13.3. The average molecular weight is 482 g/mol. The van der Waals surface area contributed by atoms with Gasteiger partial charge in [0.1, 0.15) is 5.75 Å². The summed E-state index contributed by atoms with van der Waals surface area (Å²) in [6, 6.07) is 34.8. The van der Waals surface area contributed by atoms with Crippen molar-refractivity contribution in [2.75, 3.05) is 13.2 Å². The van der Waals surface area contributed by atoms with E-state index in [4.69, 9.17) is 9.73 Å². The molecule has 6 rings (SSSR count). The summed E-state index contributed by atoms with van der Waals surface area (Å²) in [7, 11) is 0. The van der Waals surface area contributed by atoms with Crippen molar-refractivity contribution in [3.05, 3.63) is 120 Å². The molecule has 0 saturated carbocycles. The van der Waals surface area contributed by atoms with Gasteiger partial charge in [0.05, 0.1) is 12.3 Å². The van der Waals surface area contributed by atoms with Crippen molar-refractivity contribution < 1.29 is 4.74 Å². The first-order valence-corrected chi connectivity index (χ1v) is 13.3. The number of nitrogens with zero attached hydrogens (tertiary/aromatic N) is 1. The van der Waals surface area contributed by atoms with Gasteiger partial charge in [-0.25, -0.2) is 0 Å². The summed E-state index contributed by atoms with van der Waals surface area (Å²) in [5, 5.41) is 5.02. The molecule has 0 bridgehead atoms. The van der Waals surface area contributed by atoms with Crippen LogP contribution in [0, 0.1) is 0 Å². The maximum atomic E-state index is 5.97. The number of unbranched alkanes of at least 4 members (excludes halogenated alkanes) is 1. The van der Waals surface area contributed by atoms with Crippen LogP contribution in [0.25, 0.3) is 38.7 Å². The fraction of sp³-hybridized carbons (Fsp3) is 0.171. The van der Waals surface area contributed by atoms with Crippen LogP contribution in [-0.4, -0.2) is 18.9 Å². The second kappa shape index (κ2) is 10.4. The van der Waals surface area contributed by atoms with Crippen LogP contribution in [0.4, 0.5) is 0 Å². The van der Waals surface area contributed by atoms with E-state index in [1.807, 2.05) is 0 Å². The fourth-order valence-electron chi connectivity index (χ4n) is 5.31. The van der Waals surface area contributed by atoms with Crippen molar-refractivity contribution in [3.63, 3.8) is 0 Å². The average Bonchev–Trinajstić information content (AvgIpc) is 2.95. The van der Waals surface area contributed by atoms with Gasteiger partial charge >= 0.3 is 0 Å². The second-order valence-corrected chi connectivity index (χ2v) is 9.65. The molecule has 0 fully saturated rings. The first-order chi connectivity index (χ1) is 18.3. The molecule has 0 N–H and O–H groups in total. The minimum atomic E-state index is 0.772. The third-order valence-corrected chi connectivity index (χ3v) is 7.24. The van der Waals surface area contributed by atoms with E-state index < -0.39 is 0 Å². The highest BCUT2D eigenvalue weighted by molar-refractivity contribution is 6.14. The van der Waals surface area contributed by atoms with Gasteiger partial charge in [-0.3, -0.25) is 4.99 Å². The molecule has 0 atom stereocenters. The highest BCUT2D eigenvalue weighted by Gasteiger charge is 2.15. The lowest BCUT2D eigenvalue weighted by molar-refractivity contribution is 0.309. The molecule has 1 heterocycles. The topological polar surface area (TPSA) is 21.6 Å². The van der Waals surface area contributed by atoms with E-state index in [-0.39, 0.29) is 0 Å². The van der Waals surface area contributed by atoms with E-state index in [0.717, 1.165) is 43.9 Å². The van der Waals surface area contributed by atoms with Crippen molar-refractivity contribution in [1.29, 1.82) is 0 Å². The van der Waals surface area contributed by atoms with Crippen LogP contribution in [0.3, 0.4) is 0 Å². The summed E-state index contributed by atoms with van der Waals surface area (Å²) in [6.45, 7) is 3.76. The summed E-state index contributed by atoms with van der Waals surface area (Å²) >= 11 is 0. The molecule has 0 unspecified atom stereocenters. The Bertz CT molecular complexity index is 1640. The largest absolute Gasteiger partial charge is 0.494 e. The van der Waals surface area contributed by atoms with E-state index in [2.05, 4.69) is 116 Å². The third-order valence-electron chi connectivity index (χ3n) is 7.24. The second-order valence-electron chi connectivity index (χ2n) is 9.65. The molecule has 1 aliphatic rings. The molecule has 0 aromatic heterocycles. The predicted octanol–water partition coefficient (Wildman–Crippen LogP) is 8.90. The van der Waals surface area contributed by atoms with E-state index in [1.54, 1.807) is 0 Å². The Kier molecular flexibility index (Phi) is 6.56. The summed E-state index contributed by atoms with van der Waals surface area (Å²) in [5.41, 5.74) is 7.28. The van der Waals surface area contributed by atoms with Gasteiger partial charge in [-0.1, -0.05) is 98.3 Å². The van der Waals surface area contributed by atoms with E-state index in [9.17, 15) is 0 Å². The van der Waals surface area contributed by atoms with Gasteiger partial charge in [0.15, 0.2) is 0 Å². The number of hydrogen-bond donors (Lipinski definition) is 0. The van der Waals surface area contributed by atoms with Crippen LogP contribution in [-0.2, 0) is 6.42 Å². The minimum absolute atomic E-state index is 0.772. The molecule has 37 heavy (non-hydrogen) atoms. The highest BCUT2D eigenvalue weighted by atomic mass is 16.5.